The Labute approximate surface area is 284 Å². The molecule has 4 heterocycles. The maximum atomic E-state index is 14.9. The van der Waals surface area contributed by atoms with E-state index in [1.54, 1.807) is 12.3 Å². The molecule has 1 aliphatic heterocycles. The number of ether oxygens (including phenoxy) is 2. The summed E-state index contributed by atoms with van der Waals surface area (Å²) in [6, 6.07) is 29.8. The molecule has 0 saturated carbocycles. The van der Waals surface area contributed by atoms with Crippen molar-refractivity contribution in [3.63, 3.8) is 0 Å². The van der Waals surface area contributed by atoms with E-state index in [0.717, 1.165) is 92.0 Å². The smallest absolute Gasteiger partial charge is 0.138 e. The first kappa shape index (κ1) is 30.8. The summed E-state index contributed by atoms with van der Waals surface area (Å²) in [5.74, 6) is 1.03. The first-order chi connectivity index (χ1) is 24.0. The minimum Gasteiger partial charge on any atom is -0.492 e. The van der Waals surface area contributed by atoms with E-state index in [1.807, 2.05) is 36.4 Å². The molecule has 0 radical (unpaired) electrons. The van der Waals surface area contributed by atoms with Gasteiger partial charge in [-0.25, -0.2) is 9.37 Å². The Kier molecular flexibility index (Phi) is 8.31. The second-order valence-corrected chi connectivity index (χ2v) is 13.0. The molecule has 0 atom stereocenters. The third kappa shape index (κ3) is 6.52. The zero-order valence-electron chi connectivity index (χ0n) is 27.7. The van der Waals surface area contributed by atoms with Crippen molar-refractivity contribution in [3.8, 4) is 45.1 Å². The highest BCUT2D eigenvalue weighted by Crippen LogP contribution is 2.37. The van der Waals surface area contributed by atoms with Crippen LogP contribution in [-0.4, -0.2) is 51.3 Å². The van der Waals surface area contributed by atoms with E-state index in [2.05, 4.69) is 76.3 Å². The fourth-order valence-electron chi connectivity index (χ4n) is 6.92. The molecule has 2 N–H and O–H groups in total. The lowest BCUT2D eigenvalue weighted by Gasteiger charge is -2.15. The summed E-state index contributed by atoms with van der Waals surface area (Å²) in [5.41, 5.74) is 10.4. The number of hydrogen-bond acceptors (Lipinski definition) is 5. The molecule has 0 amide bonds. The summed E-state index contributed by atoms with van der Waals surface area (Å²) < 4.78 is 27.1. The molecule has 7 nitrogen and oxygen atoms in total. The van der Waals surface area contributed by atoms with Crippen molar-refractivity contribution in [1.82, 2.24) is 25.1 Å². The Morgan fingerprint density at radius 3 is 2.43 bits per heavy atom. The van der Waals surface area contributed by atoms with Crippen molar-refractivity contribution in [2.75, 3.05) is 26.2 Å². The molecule has 3 aromatic heterocycles. The maximum Gasteiger partial charge on any atom is 0.138 e. The zero-order chi connectivity index (χ0) is 33.3. The Morgan fingerprint density at radius 1 is 0.796 bits per heavy atom. The van der Waals surface area contributed by atoms with Gasteiger partial charge in [-0.1, -0.05) is 36.4 Å². The monoisotopic (exact) mass is 651 g/mol. The number of pyridine rings is 1. The van der Waals surface area contributed by atoms with Gasteiger partial charge in [-0.15, -0.1) is 0 Å². The van der Waals surface area contributed by atoms with E-state index in [-0.39, 0.29) is 5.82 Å². The van der Waals surface area contributed by atoms with Gasteiger partial charge in [-0.3, -0.25) is 10.00 Å². The molecule has 0 bridgehead atoms. The lowest BCUT2D eigenvalue weighted by atomic mass is 9.96. The fraction of sp³-hybridized carbons (Fsp3) is 0.220. The molecular formula is C41H38FN5O2. The standard InChI is InChI=1S/C41H38FN5O2/c1-26-16-29(20-32(17-26)49-25-28-8-4-3-5-9-28)35-23-37-38(18-27(35)2)45-46-40(37)39-24-36-34(10-11-43-41(36)44-39)30-19-31(42)22-33(21-30)48-15-14-47-12-6-7-13-47/h3-5,8-11,16-24H,6-7,12-15,25H2,1-2H3,(H,43,44)(H,45,46). The minimum absolute atomic E-state index is 0.333. The van der Waals surface area contributed by atoms with Crippen LogP contribution in [0, 0.1) is 19.7 Å². The van der Waals surface area contributed by atoms with E-state index in [4.69, 9.17) is 14.6 Å². The zero-order valence-corrected chi connectivity index (χ0v) is 27.7. The molecule has 0 unspecified atom stereocenters. The minimum atomic E-state index is -0.333. The summed E-state index contributed by atoms with van der Waals surface area (Å²) in [6.45, 7) is 8.29. The molecule has 4 aromatic carbocycles. The number of H-pyrrole nitrogens is 2. The molecule has 1 fully saturated rings. The summed E-state index contributed by atoms with van der Waals surface area (Å²) in [4.78, 5) is 10.5. The van der Waals surface area contributed by atoms with Crippen LogP contribution in [-0.2, 0) is 6.61 Å². The van der Waals surface area contributed by atoms with Crippen LogP contribution in [0.5, 0.6) is 11.5 Å². The summed E-state index contributed by atoms with van der Waals surface area (Å²) in [7, 11) is 0. The number of nitrogens with zero attached hydrogens (tertiary/aromatic N) is 3. The van der Waals surface area contributed by atoms with Crippen LogP contribution in [0.25, 0.3) is 55.6 Å². The van der Waals surface area contributed by atoms with Gasteiger partial charge >= 0.3 is 0 Å². The number of halogens is 1. The molecule has 1 aliphatic rings. The Balaban J connectivity index is 1.11. The summed E-state index contributed by atoms with van der Waals surface area (Å²) in [5, 5.41) is 9.84. The third-order valence-electron chi connectivity index (χ3n) is 9.36. The van der Waals surface area contributed by atoms with Crippen molar-refractivity contribution >= 4 is 21.9 Å². The Morgan fingerprint density at radius 2 is 1.59 bits per heavy atom. The van der Waals surface area contributed by atoms with Crippen LogP contribution in [0.4, 0.5) is 4.39 Å². The first-order valence-electron chi connectivity index (χ1n) is 16.9. The van der Waals surface area contributed by atoms with Gasteiger partial charge in [0.1, 0.15) is 41.9 Å². The van der Waals surface area contributed by atoms with Crippen molar-refractivity contribution in [3.05, 3.63) is 120 Å². The van der Waals surface area contributed by atoms with Crippen LogP contribution < -0.4 is 9.47 Å². The van der Waals surface area contributed by atoms with Gasteiger partial charge in [0, 0.05) is 29.6 Å². The highest BCUT2D eigenvalue weighted by atomic mass is 19.1. The van der Waals surface area contributed by atoms with Gasteiger partial charge in [-0.05, 0) is 127 Å². The van der Waals surface area contributed by atoms with Crippen molar-refractivity contribution < 1.29 is 13.9 Å². The Bertz CT molecular complexity index is 2270. The molecule has 0 spiro atoms. The van der Waals surface area contributed by atoms with Gasteiger partial charge in [0.25, 0.3) is 0 Å². The molecule has 7 aromatic rings. The number of aromatic amines is 2. The third-order valence-corrected chi connectivity index (χ3v) is 9.36. The second kappa shape index (κ2) is 13.2. The van der Waals surface area contributed by atoms with Crippen LogP contribution >= 0.6 is 0 Å². The number of hydrogen-bond donors (Lipinski definition) is 2. The van der Waals surface area contributed by atoms with E-state index in [0.29, 0.717) is 24.6 Å². The lowest BCUT2D eigenvalue weighted by molar-refractivity contribution is 0.237. The lowest BCUT2D eigenvalue weighted by Crippen LogP contribution is -2.25. The number of rotatable bonds is 10. The van der Waals surface area contributed by atoms with Gasteiger partial charge in [0.15, 0.2) is 0 Å². The molecule has 0 aliphatic carbocycles. The second-order valence-electron chi connectivity index (χ2n) is 13.0. The summed E-state index contributed by atoms with van der Waals surface area (Å²) in [6.07, 6.45) is 4.21. The predicted octanol–water partition coefficient (Wildman–Crippen LogP) is 9.25. The van der Waals surface area contributed by atoms with Crippen LogP contribution in [0.3, 0.4) is 0 Å². The summed E-state index contributed by atoms with van der Waals surface area (Å²) >= 11 is 0. The quantitative estimate of drug-likeness (QED) is 0.154. The highest BCUT2D eigenvalue weighted by molar-refractivity contribution is 6.01. The largest absolute Gasteiger partial charge is 0.492 e. The van der Waals surface area contributed by atoms with E-state index in [9.17, 15) is 4.39 Å². The fourth-order valence-corrected chi connectivity index (χ4v) is 6.92. The van der Waals surface area contributed by atoms with Gasteiger partial charge in [0.05, 0.1) is 11.2 Å². The van der Waals surface area contributed by atoms with E-state index >= 15 is 0 Å². The van der Waals surface area contributed by atoms with Crippen LogP contribution in [0.1, 0.15) is 29.5 Å². The topological polar surface area (TPSA) is 79.1 Å². The maximum absolute atomic E-state index is 14.9. The average Bonchev–Trinajstić information content (AvgIpc) is 3.87. The van der Waals surface area contributed by atoms with Gasteiger partial charge in [-0.2, -0.15) is 5.10 Å². The van der Waals surface area contributed by atoms with Gasteiger partial charge in [0.2, 0.25) is 0 Å². The average molecular weight is 652 g/mol. The van der Waals surface area contributed by atoms with Crippen molar-refractivity contribution in [1.29, 1.82) is 0 Å². The number of benzene rings is 4. The highest BCUT2D eigenvalue weighted by Gasteiger charge is 2.18. The van der Waals surface area contributed by atoms with E-state index < -0.39 is 0 Å². The molecule has 8 rings (SSSR count). The molecule has 246 valence electrons. The van der Waals surface area contributed by atoms with E-state index in [1.165, 1.54) is 18.9 Å². The molecule has 49 heavy (non-hydrogen) atoms. The van der Waals surface area contributed by atoms with Crippen molar-refractivity contribution in [2.45, 2.75) is 33.3 Å². The number of fused-ring (bicyclic) bond motifs is 2. The molecule has 1 saturated heterocycles. The normalized spacial score (nSPS) is 13.4. The van der Waals surface area contributed by atoms with Gasteiger partial charge < -0.3 is 14.5 Å². The number of likely N-dealkylation sites (tertiary alicyclic amines) is 1. The number of nitrogens with one attached hydrogen (secondary N) is 2. The number of aryl methyl sites for hydroxylation is 2. The van der Waals surface area contributed by atoms with Crippen molar-refractivity contribution in [2.24, 2.45) is 0 Å². The molecular weight excluding hydrogens is 613 g/mol. The van der Waals surface area contributed by atoms with Crippen LogP contribution in [0.2, 0.25) is 0 Å². The number of aromatic nitrogens is 4. The first-order valence-corrected chi connectivity index (χ1v) is 16.9. The SMILES string of the molecule is Cc1cc(OCc2ccccc2)cc(-c2cc3c(-c4cc5c(-c6cc(F)cc(OCCN7CCCC7)c6)ccnc5[nH]4)n[nH]c3cc2C)c1. The Hall–Kier alpha value is -5.47. The molecule has 8 heteroatoms. The predicted molar refractivity (Wildman–Crippen MR) is 193 cm³/mol. The van der Waals surface area contributed by atoms with Crippen LogP contribution in [0.15, 0.2) is 97.2 Å².